The highest BCUT2D eigenvalue weighted by Crippen LogP contribution is 2.30. The van der Waals surface area contributed by atoms with Crippen molar-refractivity contribution in [3.05, 3.63) is 29.5 Å². The van der Waals surface area contributed by atoms with Gasteiger partial charge in [-0.1, -0.05) is 32.9 Å². The first-order chi connectivity index (χ1) is 7.82. The van der Waals surface area contributed by atoms with Crippen LogP contribution in [0.15, 0.2) is 18.2 Å². The van der Waals surface area contributed by atoms with Gasteiger partial charge >= 0.3 is 5.97 Å². The number of hydrogen-bond donors (Lipinski definition) is 1. The molecule has 2 aromatic rings. The summed E-state index contributed by atoms with van der Waals surface area (Å²) in [5.41, 5.74) is 1.80. The fraction of sp³-hybridized carbons (Fsp3) is 0.385. The van der Waals surface area contributed by atoms with E-state index in [4.69, 9.17) is 5.11 Å². The number of carboxylic acid groups (broad SMARTS) is 1. The molecule has 0 saturated heterocycles. The number of rotatable bonds is 1. The molecule has 0 fully saturated rings. The van der Waals surface area contributed by atoms with Gasteiger partial charge in [0, 0.05) is 17.8 Å². The average molecular weight is 232 g/mol. The van der Waals surface area contributed by atoms with Gasteiger partial charge in [0.25, 0.3) is 0 Å². The molecule has 1 N–H and O–H groups in total. The quantitative estimate of drug-likeness (QED) is 0.822. The van der Waals surface area contributed by atoms with Crippen LogP contribution in [0.3, 0.4) is 0 Å². The molecule has 0 aliphatic carbocycles. The molecule has 4 nitrogen and oxygen atoms in total. The number of nitrogens with zero attached hydrogens (tertiary/aromatic N) is 2. The maximum absolute atomic E-state index is 11.1. The van der Waals surface area contributed by atoms with Gasteiger partial charge in [-0.2, -0.15) is 5.10 Å². The van der Waals surface area contributed by atoms with Gasteiger partial charge in [0.2, 0.25) is 0 Å². The Balaban J connectivity index is 2.86. The van der Waals surface area contributed by atoms with Crippen molar-refractivity contribution in [2.75, 3.05) is 0 Å². The summed E-state index contributed by atoms with van der Waals surface area (Å²) >= 11 is 0. The van der Waals surface area contributed by atoms with Crippen LogP contribution in [0, 0.1) is 0 Å². The molecule has 0 amide bonds. The molecule has 0 aliphatic rings. The Hall–Kier alpha value is -1.84. The van der Waals surface area contributed by atoms with E-state index in [1.807, 2.05) is 13.1 Å². The summed E-state index contributed by atoms with van der Waals surface area (Å²) in [6, 6.07) is 5.28. The van der Waals surface area contributed by atoms with Crippen LogP contribution in [0.2, 0.25) is 0 Å². The molecule has 4 heteroatoms. The standard InChI is InChI=1S/C13H16N2O2/c1-13(2,3)11-8-6-5-7-9(12(16)17)10(8)14-15(11)4/h5-7H,1-4H3,(H,16,17). The van der Waals surface area contributed by atoms with Gasteiger partial charge in [-0.25, -0.2) is 4.79 Å². The normalized spacial score (nSPS) is 12.0. The molecule has 1 aromatic heterocycles. The van der Waals surface area contributed by atoms with Crippen LogP contribution in [0.5, 0.6) is 0 Å². The molecule has 0 saturated carbocycles. The van der Waals surface area contributed by atoms with Crippen LogP contribution in [-0.4, -0.2) is 20.9 Å². The van der Waals surface area contributed by atoms with Crippen molar-refractivity contribution in [2.45, 2.75) is 26.2 Å². The smallest absolute Gasteiger partial charge is 0.337 e. The van der Waals surface area contributed by atoms with E-state index in [-0.39, 0.29) is 11.0 Å². The Labute approximate surface area is 99.9 Å². The largest absolute Gasteiger partial charge is 0.478 e. The second-order valence-electron chi connectivity index (χ2n) is 5.23. The predicted molar refractivity (Wildman–Crippen MR) is 66.4 cm³/mol. The molecular weight excluding hydrogens is 216 g/mol. The van der Waals surface area contributed by atoms with Crippen molar-refractivity contribution < 1.29 is 9.90 Å². The van der Waals surface area contributed by atoms with Crippen LogP contribution in [0.1, 0.15) is 36.8 Å². The number of carboxylic acids is 1. The maximum Gasteiger partial charge on any atom is 0.337 e. The summed E-state index contributed by atoms with van der Waals surface area (Å²) in [5, 5.41) is 14.4. The van der Waals surface area contributed by atoms with Gasteiger partial charge < -0.3 is 5.11 Å². The number of carbonyl (C=O) groups is 1. The van der Waals surface area contributed by atoms with Gasteiger partial charge in [-0.15, -0.1) is 0 Å². The number of hydrogen-bond acceptors (Lipinski definition) is 2. The summed E-state index contributed by atoms with van der Waals surface area (Å²) in [5.74, 6) is -0.936. The average Bonchev–Trinajstić information content (AvgIpc) is 2.51. The van der Waals surface area contributed by atoms with Crippen LogP contribution in [0.25, 0.3) is 10.9 Å². The van der Waals surface area contributed by atoms with Crippen LogP contribution in [0.4, 0.5) is 0 Å². The van der Waals surface area contributed by atoms with Crippen molar-refractivity contribution in [3.63, 3.8) is 0 Å². The third-order valence-electron chi connectivity index (χ3n) is 2.81. The highest BCUT2D eigenvalue weighted by molar-refractivity contribution is 6.02. The first kappa shape index (κ1) is 11.6. The summed E-state index contributed by atoms with van der Waals surface area (Å²) in [6.45, 7) is 6.28. The van der Waals surface area contributed by atoms with E-state index < -0.39 is 5.97 Å². The lowest BCUT2D eigenvalue weighted by Crippen LogP contribution is -2.16. The summed E-state index contributed by atoms with van der Waals surface area (Å²) in [4.78, 5) is 11.1. The topological polar surface area (TPSA) is 55.1 Å². The monoisotopic (exact) mass is 232 g/mol. The van der Waals surface area contributed by atoms with Gasteiger partial charge in [-0.05, 0) is 6.07 Å². The number of aromatic carboxylic acids is 1. The molecule has 0 aliphatic heterocycles. The number of aryl methyl sites for hydroxylation is 1. The molecule has 0 spiro atoms. The molecule has 1 heterocycles. The highest BCUT2D eigenvalue weighted by Gasteiger charge is 2.24. The minimum atomic E-state index is -0.936. The van der Waals surface area contributed by atoms with Crippen molar-refractivity contribution in [1.29, 1.82) is 0 Å². The molecular formula is C13H16N2O2. The second kappa shape index (κ2) is 3.58. The number of benzene rings is 1. The first-order valence-electron chi connectivity index (χ1n) is 5.52. The third-order valence-corrected chi connectivity index (χ3v) is 2.81. The Morgan fingerprint density at radius 2 is 2.00 bits per heavy atom. The van der Waals surface area contributed by atoms with E-state index in [0.717, 1.165) is 11.1 Å². The third kappa shape index (κ3) is 1.79. The van der Waals surface area contributed by atoms with E-state index >= 15 is 0 Å². The molecule has 0 bridgehead atoms. The fourth-order valence-electron chi connectivity index (χ4n) is 2.28. The van der Waals surface area contributed by atoms with E-state index in [1.165, 1.54) is 0 Å². The van der Waals surface area contributed by atoms with Crippen molar-refractivity contribution in [3.8, 4) is 0 Å². The summed E-state index contributed by atoms with van der Waals surface area (Å²) in [6.07, 6.45) is 0. The van der Waals surface area contributed by atoms with Gasteiger partial charge in [0.05, 0.1) is 11.3 Å². The first-order valence-corrected chi connectivity index (χ1v) is 5.52. The van der Waals surface area contributed by atoms with Crippen molar-refractivity contribution in [1.82, 2.24) is 9.78 Å². The second-order valence-corrected chi connectivity index (χ2v) is 5.23. The molecule has 2 rings (SSSR count). The molecule has 0 unspecified atom stereocenters. The minimum absolute atomic E-state index is 0.0688. The Morgan fingerprint density at radius 1 is 1.35 bits per heavy atom. The SMILES string of the molecule is Cn1nc2c(C(=O)O)cccc2c1C(C)(C)C. The lowest BCUT2D eigenvalue weighted by molar-refractivity contribution is 0.0699. The summed E-state index contributed by atoms with van der Waals surface area (Å²) in [7, 11) is 1.85. The van der Waals surface area contributed by atoms with E-state index in [9.17, 15) is 4.79 Å². The Bertz CT molecular complexity index is 591. The zero-order valence-corrected chi connectivity index (χ0v) is 10.5. The Kier molecular flexibility index (Phi) is 2.45. The van der Waals surface area contributed by atoms with Gasteiger partial charge in [0.15, 0.2) is 0 Å². The summed E-state index contributed by atoms with van der Waals surface area (Å²) < 4.78 is 1.77. The van der Waals surface area contributed by atoms with Crippen LogP contribution in [-0.2, 0) is 12.5 Å². The zero-order valence-electron chi connectivity index (χ0n) is 10.5. The minimum Gasteiger partial charge on any atom is -0.478 e. The van der Waals surface area contributed by atoms with E-state index in [0.29, 0.717) is 5.52 Å². The van der Waals surface area contributed by atoms with Crippen molar-refractivity contribution in [2.24, 2.45) is 7.05 Å². The fourth-order valence-corrected chi connectivity index (χ4v) is 2.28. The van der Waals surface area contributed by atoms with Crippen LogP contribution < -0.4 is 0 Å². The van der Waals surface area contributed by atoms with E-state index in [2.05, 4.69) is 25.9 Å². The van der Waals surface area contributed by atoms with Gasteiger partial charge in [0.1, 0.15) is 5.52 Å². The lowest BCUT2D eigenvalue weighted by atomic mass is 9.89. The molecule has 1 aromatic carbocycles. The number of aromatic nitrogens is 2. The molecule has 17 heavy (non-hydrogen) atoms. The van der Waals surface area contributed by atoms with Crippen molar-refractivity contribution >= 4 is 16.9 Å². The predicted octanol–water partition coefficient (Wildman–Crippen LogP) is 2.57. The molecule has 0 radical (unpaired) electrons. The molecule has 90 valence electrons. The zero-order chi connectivity index (χ0) is 12.8. The Morgan fingerprint density at radius 3 is 2.53 bits per heavy atom. The number of fused-ring (bicyclic) bond motifs is 1. The maximum atomic E-state index is 11.1. The van der Waals surface area contributed by atoms with Crippen LogP contribution >= 0.6 is 0 Å². The molecule has 0 atom stereocenters. The van der Waals surface area contributed by atoms with Gasteiger partial charge in [-0.3, -0.25) is 4.68 Å². The van der Waals surface area contributed by atoms with E-state index in [1.54, 1.807) is 16.8 Å². The highest BCUT2D eigenvalue weighted by atomic mass is 16.4. The lowest BCUT2D eigenvalue weighted by Gasteiger charge is -2.19.